The lowest BCUT2D eigenvalue weighted by Crippen LogP contribution is -2.34. The molecule has 0 bridgehead atoms. The first-order valence-electron chi connectivity index (χ1n) is 5.71. The molecule has 0 rings (SSSR count). The summed E-state index contributed by atoms with van der Waals surface area (Å²) in [5.41, 5.74) is 0. The smallest absolute Gasteiger partial charge is 0.235 e. The van der Waals surface area contributed by atoms with E-state index in [1.165, 1.54) is 0 Å². The maximum absolute atomic E-state index is 11.0. The van der Waals surface area contributed by atoms with Gasteiger partial charge in [0.1, 0.15) is 5.88 Å². The van der Waals surface area contributed by atoms with Gasteiger partial charge in [0.05, 0.1) is 0 Å². The van der Waals surface area contributed by atoms with E-state index < -0.39 is 0 Å². The minimum absolute atomic E-state index is 0.0559. The zero-order chi connectivity index (χ0) is 11.7. The number of hydrogen-bond acceptors (Lipinski definition) is 2. The summed E-state index contributed by atoms with van der Waals surface area (Å²) >= 11 is 5.41. The fourth-order valence-electron chi connectivity index (χ4n) is 1.55. The molecule has 0 saturated carbocycles. The van der Waals surface area contributed by atoms with E-state index in [9.17, 15) is 4.79 Å². The minimum atomic E-state index is -0.0768. The van der Waals surface area contributed by atoms with Gasteiger partial charge in [-0.15, -0.1) is 11.6 Å². The predicted octanol–water partition coefficient (Wildman–Crippen LogP) is 1.85. The van der Waals surface area contributed by atoms with Gasteiger partial charge in [-0.3, -0.25) is 4.79 Å². The number of hydrogen-bond donors (Lipinski definition) is 1. The van der Waals surface area contributed by atoms with Crippen LogP contribution in [0.2, 0.25) is 0 Å². The van der Waals surface area contributed by atoms with E-state index in [-0.39, 0.29) is 17.8 Å². The van der Waals surface area contributed by atoms with E-state index in [1.807, 2.05) is 6.92 Å². The number of carbonyl (C=O) groups is 1. The van der Waals surface area contributed by atoms with Crippen molar-refractivity contribution < 1.29 is 4.79 Å². The largest absolute Gasteiger partial charge is 0.353 e. The van der Waals surface area contributed by atoms with E-state index in [0.717, 1.165) is 32.5 Å². The van der Waals surface area contributed by atoms with Crippen molar-refractivity contribution in [2.45, 2.75) is 39.7 Å². The van der Waals surface area contributed by atoms with Crippen LogP contribution in [0.15, 0.2) is 0 Å². The Morgan fingerprint density at radius 1 is 1.40 bits per heavy atom. The molecule has 0 aliphatic heterocycles. The van der Waals surface area contributed by atoms with Crippen LogP contribution in [0.1, 0.15) is 33.6 Å². The highest BCUT2D eigenvalue weighted by Gasteiger charge is 2.06. The zero-order valence-electron chi connectivity index (χ0n) is 10.1. The molecular formula is C11H23ClN2O. The number of rotatable bonds is 8. The van der Waals surface area contributed by atoms with Gasteiger partial charge < -0.3 is 10.2 Å². The summed E-state index contributed by atoms with van der Waals surface area (Å²) < 4.78 is 0. The molecule has 4 heteroatoms. The molecule has 0 aliphatic rings. The first-order chi connectivity index (χ1) is 7.13. The van der Waals surface area contributed by atoms with Gasteiger partial charge in [-0.2, -0.15) is 0 Å². The second kappa shape index (κ2) is 8.98. The second-order valence-corrected chi connectivity index (χ2v) is 4.04. The quantitative estimate of drug-likeness (QED) is 0.651. The number of nitrogens with one attached hydrogen (secondary N) is 1. The lowest BCUT2D eigenvalue weighted by Gasteiger charge is -2.19. The number of carbonyl (C=O) groups excluding carboxylic acids is 1. The Labute approximate surface area is 98.2 Å². The van der Waals surface area contributed by atoms with Crippen molar-refractivity contribution in [2.24, 2.45) is 0 Å². The summed E-state index contributed by atoms with van der Waals surface area (Å²) in [6.07, 6.45) is 2.13. The van der Waals surface area contributed by atoms with Crippen LogP contribution in [-0.2, 0) is 4.79 Å². The van der Waals surface area contributed by atoms with Crippen molar-refractivity contribution in [3.8, 4) is 0 Å². The second-order valence-electron chi connectivity index (χ2n) is 3.77. The Kier molecular flexibility index (Phi) is 8.82. The Morgan fingerprint density at radius 3 is 2.47 bits per heavy atom. The van der Waals surface area contributed by atoms with Crippen LogP contribution < -0.4 is 5.32 Å². The molecule has 15 heavy (non-hydrogen) atoms. The minimum Gasteiger partial charge on any atom is -0.353 e. The molecule has 0 radical (unpaired) electrons. The molecule has 3 nitrogen and oxygen atoms in total. The van der Waals surface area contributed by atoms with E-state index in [1.54, 1.807) is 0 Å². The predicted molar refractivity (Wildman–Crippen MR) is 65.3 cm³/mol. The van der Waals surface area contributed by atoms with Crippen molar-refractivity contribution in [1.29, 1.82) is 0 Å². The Morgan fingerprint density at radius 2 is 2.00 bits per heavy atom. The van der Waals surface area contributed by atoms with Crippen molar-refractivity contribution in [1.82, 2.24) is 10.2 Å². The standard InChI is InChI=1S/C11H23ClN2O/c1-4-14(5-2)8-6-7-10(3)13-11(15)9-12/h10H,4-9H2,1-3H3,(H,13,15). The highest BCUT2D eigenvalue weighted by atomic mass is 35.5. The molecule has 0 saturated heterocycles. The van der Waals surface area contributed by atoms with Crippen LogP contribution in [0.5, 0.6) is 0 Å². The third-order valence-electron chi connectivity index (χ3n) is 2.53. The lowest BCUT2D eigenvalue weighted by molar-refractivity contribution is -0.119. The van der Waals surface area contributed by atoms with Crippen LogP contribution in [0.3, 0.4) is 0 Å². The average Bonchev–Trinajstić information content (AvgIpc) is 2.24. The maximum atomic E-state index is 11.0. The van der Waals surface area contributed by atoms with Gasteiger partial charge in [-0.05, 0) is 39.4 Å². The summed E-state index contributed by atoms with van der Waals surface area (Å²) in [4.78, 5) is 13.4. The van der Waals surface area contributed by atoms with Crippen LogP contribution in [-0.4, -0.2) is 42.4 Å². The summed E-state index contributed by atoms with van der Waals surface area (Å²) in [6, 6.07) is 0.229. The number of nitrogens with zero attached hydrogens (tertiary/aromatic N) is 1. The molecule has 1 atom stereocenters. The Bertz CT molecular complexity index is 172. The van der Waals surface area contributed by atoms with Gasteiger partial charge in [0.15, 0.2) is 0 Å². The molecule has 1 unspecified atom stereocenters. The van der Waals surface area contributed by atoms with E-state index in [4.69, 9.17) is 11.6 Å². The fraction of sp³-hybridized carbons (Fsp3) is 0.909. The topological polar surface area (TPSA) is 32.3 Å². The molecule has 0 heterocycles. The molecular weight excluding hydrogens is 212 g/mol. The first kappa shape index (κ1) is 14.7. The van der Waals surface area contributed by atoms with E-state index in [0.29, 0.717) is 0 Å². The fourth-order valence-corrected chi connectivity index (χ4v) is 1.62. The number of halogens is 1. The van der Waals surface area contributed by atoms with E-state index in [2.05, 4.69) is 24.1 Å². The molecule has 0 aromatic heterocycles. The number of amides is 1. The maximum Gasteiger partial charge on any atom is 0.235 e. The summed E-state index contributed by atoms with van der Waals surface area (Å²) in [5.74, 6) is -0.0209. The van der Waals surface area contributed by atoms with Crippen molar-refractivity contribution >= 4 is 17.5 Å². The first-order valence-corrected chi connectivity index (χ1v) is 6.25. The molecule has 1 N–H and O–H groups in total. The van der Waals surface area contributed by atoms with Gasteiger partial charge >= 0.3 is 0 Å². The monoisotopic (exact) mass is 234 g/mol. The Hall–Kier alpha value is -0.280. The third-order valence-corrected chi connectivity index (χ3v) is 2.78. The van der Waals surface area contributed by atoms with Crippen molar-refractivity contribution in [2.75, 3.05) is 25.5 Å². The van der Waals surface area contributed by atoms with Crippen LogP contribution in [0, 0.1) is 0 Å². The van der Waals surface area contributed by atoms with Gasteiger partial charge in [-0.25, -0.2) is 0 Å². The van der Waals surface area contributed by atoms with Gasteiger partial charge in [0, 0.05) is 6.04 Å². The number of alkyl halides is 1. The molecule has 0 fully saturated rings. The normalized spacial score (nSPS) is 12.9. The highest BCUT2D eigenvalue weighted by Crippen LogP contribution is 1.99. The van der Waals surface area contributed by atoms with E-state index >= 15 is 0 Å². The average molecular weight is 235 g/mol. The van der Waals surface area contributed by atoms with Crippen molar-refractivity contribution in [3.05, 3.63) is 0 Å². The summed E-state index contributed by atoms with van der Waals surface area (Å²) in [7, 11) is 0. The lowest BCUT2D eigenvalue weighted by atomic mass is 10.2. The SMILES string of the molecule is CCN(CC)CCCC(C)NC(=O)CCl. The molecule has 1 amide bonds. The highest BCUT2D eigenvalue weighted by molar-refractivity contribution is 6.27. The molecule has 0 aromatic rings. The van der Waals surface area contributed by atoms with Crippen LogP contribution in [0.4, 0.5) is 0 Å². The summed E-state index contributed by atoms with van der Waals surface area (Å²) in [6.45, 7) is 9.66. The van der Waals surface area contributed by atoms with Crippen LogP contribution in [0.25, 0.3) is 0 Å². The summed E-state index contributed by atoms with van der Waals surface area (Å²) in [5, 5.41) is 2.85. The third kappa shape index (κ3) is 7.63. The zero-order valence-corrected chi connectivity index (χ0v) is 10.8. The van der Waals surface area contributed by atoms with Crippen molar-refractivity contribution in [3.63, 3.8) is 0 Å². The van der Waals surface area contributed by atoms with Crippen LogP contribution >= 0.6 is 11.6 Å². The molecule has 0 aliphatic carbocycles. The van der Waals surface area contributed by atoms with Gasteiger partial charge in [-0.1, -0.05) is 13.8 Å². The van der Waals surface area contributed by atoms with Gasteiger partial charge in [0.25, 0.3) is 0 Å². The molecule has 0 spiro atoms. The molecule has 90 valence electrons. The van der Waals surface area contributed by atoms with Gasteiger partial charge in [0.2, 0.25) is 5.91 Å². The Balaban J connectivity index is 3.53. The molecule has 0 aromatic carbocycles.